The maximum Gasteiger partial charge on any atom is 0.307 e. The molecule has 2 aromatic rings. The summed E-state index contributed by atoms with van der Waals surface area (Å²) in [6.07, 6.45) is 2.92. The van der Waals surface area contributed by atoms with E-state index in [9.17, 15) is 25.0 Å². The van der Waals surface area contributed by atoms with Crippen molar-refractivity contribution in [1.29, 1.82) is 5.26 Å². The number of ether oxygens (including phenoxy) is 1. The van der Waals surface area contributed by atoms with Crippen LogP contribution >= 0.6 is 11.8 Å². The van der Waals surface area contributed by atoms with Gasteiger partial charge in [-0.3, -0.25) is 19.7 Å². The lowest BCUT2D eigenvalue weighted by Crippen LogP contribution is -2.14. The number of carbonyl (C=O) groups excluding carboxylic acids is 2. The van der Waals surface area contributed by atoms with Crippen LogP contribution in [0, 0.1) is 21.4 Å². The van der Waals surface area contributed by atoms with Crippen molar-refractivity contribution in [2.75, 3.05) is 12.4 Å². The third-order valence-electron chi connectivity index (χ3n) is 4.42. The third-order valence-corrected chi connectivity index (χ3v) is 5.42. The molecule has 9 heteroatoms. The highest BCUT2D eigenvalue weighted by molar-refractivity contribution is 7.99. The molecule has 0 spiro atoms. The van der Waals surface area contributed by atoms with Gasteiger partial charge >= 0.3 is 5.97 Å². The fourth-order valence-electron chi connectivity index (χ4n) is 2.97. The summed E-state index contributed by atoms with van der Waals surface area (Å²) < 4.78 is 4.97. The Morgan fingerprint density at radius 2 is 2.14 bits per heavy atom. The first-order valence-corrected chi connectivity index (χ1v) is 9.95. The second-order valence-corrected chi connectivity index (χ2v) is 7.49. The van der Waals surface area contributed by atoms with E-state index in [2.05, 4.69) is 11.1 Å². The molecule has 3 rings (SSSR count). The quantitative estimate of drug-likeness (QED) is 0.213. The normalized spacial score (nSPS) is 12.1. The number of rotatable bonds is 8. The van der Waals surface area contributed by atoms with Crippen molar-refractivity contribution in [3.8, 4) is 6.07 Å². The molecule has 0 amide bonds. The molecule has 0 fully saturated rings. The van der Waals surface area contributed by atoms with Crippen LogP contribution in [0.4, 0.5) is 5.69 Å². The van der Waals surface area contributed by atoms with Gasteiger partial charge in [0.05, 0.1) is 16.9 Å². The average molecular weight is 411 g/mol. The number of ketones is 1. The van der Waals surface area contributed by atoms with Gasteiger partial charge in [0.15, 0.2) is 6.61 Å². The molecule has 1 aromatic carbocycles. The van der Waals surface area contributed by atoms with Crippen molar-refractivity contribution in [3.63, 3.8) is 0 Å². The Kier molecular flexibility index (Phi) is 6.57. The van der Waals surface area contributed by atoms with Crippen LogP contribution in [-0.2, 0) is 22.4 Å². The van der Waals surface area contributed by atoms with Crippen molar-refractivity contribution in [2.24, 2.45) is 0 Å². The Labute approximate surface area is 171 Å². The number of aromatic nitrogens is 1. The molecule has 0 bridgehead atoms. The van der Waals surface area contributed by atoms with Gasteiger partial charge < -0.3 is 4.74 Å². The molecular formula is C20H17N3O5S. The minimum absolute atomic E-state index is 0.0521. The lowest BCUT2D eigenvalue weighted by atomic mass is 10.1. The number of esters is 1. The number of nitro benzene ring substituents is 1. The summed E-state index contributed by atoms with van der Waals surface area (Å²) >= 11 is 1.31. The van der Waals surface area contributed by atoms with Gasteiger partial charge in [0.25, 0.3) is 5.69 Å². The first kappa shape index (κ1) is 20.5. The molecule has 0 unspecified atom stereocenters. The average Bonchev–Trinajstić information content (AvgIpc) is 3.18. The summed E-state index contributed by atoms with van der Waals surface area (Å²) in [5, 5.41) is 20.7. The smallest absolute Gasteiger partial charge is 0.307 e. The van der Waals surface area contributed by atoms with Gasteiger partial charge in [-0.25, -0.2) is 4.98 Å². The molecular weight excluding hydrogens is 394 g/mol. The predicted octanol–water partition coefficient (Wildman–Crippen LogP) is 3.26. The van der Waals surface area contributed by atoms with Crippen LogP contribution in [0.15, 0.2) is 35.4 Å². The maximum absolute atomic E-state index is 12.1. The summed E-state index contributed by atoms with van der Waals surface area (Å²) in [7, 11) is 0. The first-order valence-electron chi connectivity index (χ1n) is 8.97. The zero-order valence-electron chi connectivity index (χ0n) is 15.4. The second-order valence-electron chi connectivity index (χ2n) is 6.40. The highest BCUT2D eigenvalue weighted by atomic mass is 32.2. The van der Waals surface area contributed by atoms with E-state index in [1.807, 2.05) is 6.07 Å². The van der Waals surface area contributed by atoms with E-state index >= 15 is 0 Å². The molecule has 8 nitrogen and oxygen atoms in total. The summed E-state index contributed by atoms with van der Waals surface area (Å²) in [5.41, 5.74) is 2.54. The third kappa shape index (κ3) is 5.18. The van der Waals surface area contributed by atoms with E-state index in [0.29, 0.717) is 16.3 Å². The monoisotopic (exact) mass is 411 g/mol. The number of Topliss-reactive ketones (excluding diaryl/α,β-unsaturated/α-hetero) is 1. The zero-order valence-corrected chi connectivity index (χ0v) is 16.2. The first-order chi connectivity index (χ1) is 14.0. The molecule has 1 aliphatic carbocycles. The topological polar surface area (TPSA) is 123 Å². The molecule has 0 atom stereocenters. The zero-order chi connectivity index (χ0) is 20.8. The Balaban J connectivity index is 1.48. The van der Waals surface area contributed by atoms with Crippen LogP contribution in [0.1, 0.15) is 40.0 Å². The molecule has 1 heterocycles. The highest BCUT2D eigenvalue weighted by Gasteiger charge is 2.17. The van der Waals surface area contributed by atoms with E-state index in [1.165, 1.54) is 30.0 Å². The largest absolute Gasteiger partial charge is 0.457 e. The van der Waals surface area contributed by atoms with Gasteiger partial charge in [-0.2, -0.15) is 5.26 Å². The van der Waals surface area contributed by atoms with Gasteiger partial charge in [-0.05, 0) is 30.9 Å². The summed E-state index contributed by atoms with van der Waals surface area (Å²) in [6.45, 7) is -0.481. The van der Waals surface area contributed by atoms with Gasteiger partial charge in [0.1, 0.15) is 11.1 Å². The number of benzene rings is 1. The molecule has 29 heavy (non-hydrogen) atoms. The molecule has 0 aliphatic heterocycles. The molecule has 148 valence electrons. The second kappa shape index (κ2) is 9.30. The number of thioether (sulfide) groups is 1. The number of hydrogen-bond acceptors (Lipinski definition) is 8. The number of nitriles is 1. The number of nitro groups is 1. The van der Waals surface area contributed by atoms with Gasteiger partial charge in [-0.1, -0.05) is 12.1 Å². The summed E-state index contributed by atoms with van der Waals surface area (Å²) in [6, 6.07) is 9.27. The standard InChI is InChI=1S/C20H17N3O5S/c21-11-15-9-13-3-2-6-17(13)22-20(15)29-8-7-19(25)28-12-18(24)14-4-1-5-16(10-14)23(26)27/h1,4-5,9-10H,2-3,6-8,12H2. The highest BCUT2D eigenvalue weighted by Crippen LogP contribution is 2.28. The van der Waals surface area contributed by atoms with Crippen molar-refractivity contribution < 1.29 is 19.2 Å². The predicted molar refractivity (Wildman–Crippen MR) is 105 cm³/mol. The maximum atomic E-state index is 12.1. The molecule has 0 N–H and O–H groups in total. The van der Waals surface area contributed by atoms with E-state index in [0.717, 1.165) is 36.6 Å². The molecule has 1 aliphatic rings. The number of non-ortho nitro benzene ring substituents is 1. The van der Waals surface area contributed by atoms with Crippen LogP contribution in [0.2, 0.25) is 0 Å². The fraction of sp³-hybridized carbons (Fsp3) is 0.300. The Morgan fingerprint density at radius 1 is 1.31 bits per heavy atom. The van der Waals surface area contributed by atoms with E-state index in [1.54, 1.807) is 0 Å². The van der Waals surface area contributed by atoms with Crippen molar-refractivity contribution in [3.05, 3.63) is 62.8 Å². The van der Waals surface area contributed by atoms with E-state index in [-0.39, 0.29) is 17.7 Å². The van der Waals surface area contributed by atoms with Crippen LogP contribution in [0.3, 0.4) is 0 Å². The minimum Gasteiger partial charge on any atom is -0.457 e. The molecule has 1 aromatic heterocycles. The number of hydrogen-bond donors (Lipinski definition) is 0. The van der Waals surface area contributed by atoms with Gasteiger partial charge in [0, 0.05) is 29.1 Å². The van der Waals surface area contributed by atoms with Crippen molar-refractivity contribution >= 4 is 29.2 Å². The Hall–Kier alpha value is -3.25. The van der Waals surface area contributed by atoms with Gasteiger partial charge in [-0.15, -0.1) is 11.8 Å². The van der Waals surface area contributed by atoms with Crippen LogP contribution in [0.25, 0.3) is 0 Å². The van der Waals surface area contributed by atoms with Crippen molar-refractivity contribution in [1.82, 2.24) is 4.98 Å². The SMILES string of the molecule is N#Cc1cc2c(nc1SCCC(=O)OCC(=O)c1cccc([N+](=O)[O-])c1)CCC2. The van der Waals surface area contributed by atoms with Crippen LogP contribution < -0.4 is 0 Å². The molecule has 0 radical (unpaired) electrons. The molecule has 0 saturated heterocycles. The summed E-state index contributed by atoms with van der Waals surface area (Å²) in [5.74, 6) is -0.706. The lowest BCUT2D eigenvalue weighted by molar-refractivity contribution is -0.384. The Bertz CT molecular complexity index is 1020. The number of aryl methyl sites for hydroxylation is 2. The molecule has 0 saturated carbocycles. The van der Waals surface area contributed by atoms with Crippen molar-refractivity contribution in [2.45, 2.75) is 30.7 Å². The van der Waals surface area contributed by atoms with Crippen LogP contribution in [-0.4, -0.2) is 34.0 Å². The van der Waals surface area contributed by atoms with E-state index in [4.69, 9.17) is 4.74 Å². The number of nitrogens with zero attached hydrogens (tertiary/aromatic N) is 3. The lowest BCUT2D eigenvalue weighted by Gasteiger charge is -2.07. The van der Waals surface area contributed by atoms with Crippen LogP contribution in [0.5, 0.6) is 0 Å². The number of pyridine rings is 1. The fourth-order valence-corrected chi connectivity index (χ4v) is 3.87. The minimum atomic E-state index is -0.595. The summed E-state index contributed by atoms with van der Waals surface area (Å²) in [4.78, 5) is 38.7. The van der Waals surface area contributed by atoms with Gasteiger partial charge in [0.2, 0.25) is 5.78 Å². The number of carbonyl (C=O) groups is 2. The number of fused-ring (bicyclic) bond motifs is 1. The van der Waals surface area contributed by atoms with E-state index < -0.39 is 23.3 Å². The Morgan fingerprint density at radius 3 is 2.90 bits per heavy atom.